The molecule has 1 heterocycles. The van der Waals surface area contributed by atoms with Gasteiger partial charge in [0.1, 0.15) is 0 Å². The number of rotatable bonds is 9. The van der Waals surface area contributed by atoms with Gasteiger partial charge >= 0.3 is 0 Å². The zero-order chi connectivity index (χ0) is 24.0. The third kappa shape index (κ3) is 6.68. The first-order valence-corrected chi connectivity index (χ1v) is 13.0. The molecule has 174 valence electrons. The molecular formula is C23H25Br2N5O2S. The second-order valence-electron chi connectivity index (χ2n) is 7.61. The molecule has 0 aliphatic heterocycles. The predicted molar refractivity (Wildman–Crippen MR) is 138 cm³/mol. The van der Waals surface area contributed by atoms with Crippen LogP contribution < -0.4 is 10.6 Å². The van der Waals surface area contributed by atoms with Crippen molar-refractivity contribution < 1.29 is 9.59 Å². The third-order valence-electron chi connectivity index (χ3n) is 4.86. The average Bonchev–Trinajstić information content (AvgIpc) is 3.21. The highest BCUT2D eigenvalue weighted by Crippen LogP contribution is 2.28. The van der Waals surface area contributed by atoms with E-state index >= 15 is 0 Å². The molecule has 0 bridgehead atoms. The second kappa shape index (κ2) is 11.8. The molecule has 1 atom stereocenters. The Labute approximate surface area is 214 Å². The highest BCUT2D eigenvalue weighted by atomic mass is 79.9. The van der Waals surface area contributed by atoms with E-state index in [-0.39, 0.29) is 29.5 Å². The largest absolute Gasteiger partial charge is 0.342 e. The van der Waals surface area contributed by atoms with Crippen LogP contribution in [0.3, 0.4) is 0 Å². The van der Waals surface area contributed by atoms with Gasteiger partial charge in [-0.2, -0.15) is 0 Å². The van der Waals surface area contributed by atoms with E-state index in [0.717, 1.165) is 8.95 Å². The Kier molecular flexibility index (Phi) is 9.10. The van der Waals surface area contributed by atoms with E-state index in [1.165, 1.54) is 11.8 Å². The van der Waals surface area contributed by atoms with Crippen LogP contribution in [0.1, 0.15) is 43.0 Å². The lowest BCUT2D eigenvalue weighted by atomic mass is 10.0. The molecular weight excluding hydrogens is 570 g/mol. The average molecular weight is 595 g/mol. The Balaban J connectivity index is 1.71. The fourth-order valence-electron chi connectivity index (χ4n) is 3.19. The fraction of sp³-hybridized carbons (Fsp3) is 0.304. The van der Waals surface area contributed by atoms with Crippen LogP contribution in [-0.4, -0.2) is 32.3 Å². The molecule has 33 heavy (non-hydrogen) atoms. The topological polar surface area (TPSA) is 88.9 Å². The quantitative estimate of drug-likeness (QED) is 0.311. The van der Waals surface area contributed by atoms with E-state index in [1.54, 1.807) is 12.1 Å². The molecule has 0 fully saturated rings. The van der Waals surface area contributed by atoms with Crippen LogP contribution in [-0.2, 0) is 11.3 Å². The molecule has 2 amide bonds. The second-order valence-corrected chi connectivity index (χ2v) is 10.3. The summed E-state index contributed by atoms with van der Waals surface area (Å²) in [5, 5.41) is 15.3. The van der Waals surface area contributed by atoms with Crippen molar-refractivity contribution in [3.05, 3.63) is 68.9 Å². The van der Waals surface area contributed by atoms with Crippen molar-refractivity contribution in [3.8, 4) is 0 Å². The van der Waals surface area contributed by atoms with Gasteiger partial charge in [-0.3, -0.25) is 9.59 Å². The van der Waals surface area contributed by atoms with Crippen LogP contribution in [0, 0.1) is 5.92 Å². The summed E-state index contributed by atoms with van der Waals surface area (Å²) in [4.78, 5) is 25.3. The molecule has 2 N–H and O–H groups in total. The van der Waals surface area contributed by atoms with Gasteiger partial charge in [-0.05, 0) is 59.1 Å². The summed E-state index contributed by atoms with van der Waals surface area (Å²) in [7, 11) is 0. The number of nitrogens with zero attached hydrogens (tertiary/aromatic N) is 3. The lowest BCUT2D eigenvalue weighted by Crippen LogP contribution is -2.33. The van der Waals surface area contributed by atoms with Crippen molar-refractivity contribution in [1.82, 2.24) is 20.1 Å². The van der Waals surface area contributed by atoms with Crippen LogP contribution in [0.4, 0.5) is 5.69 Å². The van der Waals surface area contributed by atoms with Gasteiger partial charge in [0, 0.05) is 21.1 Å². The first-order chi connectivity index (χ1) is 15.8. The smallest absolute Gasteiger partial charge is 0.251 e. The summed E-state index contributed by atoms with van der Waals surface area (Å²) in [6.45, 7) is 6.67. The van der Waals surface area contributed by atoms with Crippen molar-refractivity contribution in [3.63, 3.8) is 0 Å². The molecule has 0 aliphatic carbocycles. The van der Waals surface area contributed by atoms with Crippen LogP contribution in [0.5, 0.6) is 0 Å². The van der Waals surface area contributed by atoms with E-state index in [4.69, 9.17) is 0 Å². The monoisotopic (exact) mass is 593 g/mol. The van der Waals surface area contributed by atoms with Gasteiger partial charge in [0.2, 0.25) is 5.91 Å². The summed E-state index contributed by atoms with van der Waals surface area (Å²) < 4.78 is 3.63. The van der Waals surface area contributed by atoms with Crippen LogP contribution in [0.25, 0.3) is 0 Å². The maximum atomic E-state index is 12.7. The van der Waals surface area contributed by atoms with Crippen molar-refractivity contribution in [2.75, 3.05) is 11.1 Å². The Hall–Kier alpha value is -2.17. The van der Waals surface area contributed by atoms with E-state index in [9.17, 15) is 9.59 Å². The lowest BCUT2D eigenvalue weighted by molar-refractivity contribution is -0.113. The number of nitrogens with one attached hydrogen (secondary N) is 2. The van der Waals surface area contributed by atoms with Gasteiger partial charge in [-0.25, -0.2) is 0 Å². The number of hydrogen-bond donors (Lipinski definition) is 2. The molecule has 0 saturated carbocycles. The molecule has 1 aromatic heterocycles. The molecule has 2 aromatic carbocycles. The number of amides is 2. The Morgan fingerprint density at radius 2 is 1.82 bits per heavy atom. The molecule has 7 nitrogen and oxygen atoms in total. The highest BCUT2D eigenvalue weighted by molar-refractivity contribution is 9.11. The number of aromatic nitrogens is 3. The van der Waals surface area contributed by atoms with Crippen LogP contribution in [0.2, 0.25) is 0 Å². The Morgan fingerprint density at radius 1 is 1.09 bits per heavy atom. The predicted octanol–water partition coefficient (Wildman–Crippen LogP) is 5.68. The van der Waals surface area contributed by atoms with E-state index in [1.807, 2.05) is 61.7 Å². The fourth-order valence-corrected chi connectivity index (χ4v) is 4.70. The minimum atomic E-state index is -0.314. The first kappa shape index (κ1) is 25.5. The molecule has 0 saturated heterocycles. The van der Waals surface area contributed by atoms with E-state index in [0.29, 0.717) is 28.8 Å². The number of carbonyl (C=O) groups excluding carboxylic acids is 2. The zero-order valence-corrected chi connectivity index (χ0v) is 22.5. The minimum Gasteiger partial charge on any atom is -0.342 e. The maximum Gasteiger partial charge on any atom is 0.251 e. The van der Waals surface area contributed by atoms with Crippen molar-refractivity contribution in [2.24, 2.45) is 5.92 Å². The lowest BCUT2D eigenvalue weighted by Gasteiger charge is -2.22. The summed E-state index contributed by atoms with van der Waals surface area (Å²) in [6.07, 6.45) is 0. The van der Waals surface area contributed by atoms with Crippen molar-refractivity contribution in [2.45, 2.75) is 38.5 Å². The van der Waals surface area contributed by atoms with Gasteiger partial charge in [-0.15, -0.1) is 10.2 Å². The number of halogens is 2. The van der Waals surface area contributed by atoms with Crippen LogP contribution in [0.15, 0.2) is 62.6 Å². The summed E-state index contributed by atoms with van der Waals surface area (Å²) in [5.41, 5.74) is 1.28. The van der Waals surface area contributed by atoms with Gasteiger partial charge in [0.15, 0.2) is 11.0 Å². The zero-order valence-electron chi connectivity index (χ0n) is 18.5. The molecule has 0 aliphatic rings. The first-order valence-electron chi connectivity index (χ1n) is 10.5. The Bertz CT molecular complexity index is 1120. The molecule has 3 rings (SSSR count). The summed E-state index contributed by atoms with van der Waals surface area (Å²) in [5.74, 6) is 0.647. The molecule has 0 unspecified atom stereocenters. The summed E-state index contributed by atoms with van der Waals surface area (Å²) in [6, 6.07) is 14.4. The van der Waals surface area contributed by atoms with Gasteiger partial charge in [0.05, 0.1) is 17.5 Å². The standard InChI is InChI=1S/C23H25Br2N5O2S/c1-4-30-21(20(14(2)3)27-22(32)15-8-6-5-7-9-15)28-29-23(30)33-13-19(31)26-18-12-16(24)10-11-17(18)25/h5-12,14,20H,4,13H2,1-3H3,(H,26,31)(H,27,32)/t20-/m0/s1. The molecule has 10 heteroatoms. The Morgan fingerprint density at radius 3 is 2.48 bits per heavy atom. The minimum absolute atomic E-state index is 0.0992. The number of hydrogen-bond acceptors (Lipinski definition) is 5. The van der Waals surface area contributed by atoms with Gasteiger partial charge in [0.25, 0.3) is 5.91 Å². The SMILES string of the molecule is CCn1c(SCC(=O)Nc2cc(Br)ccc2Br)nnc1[C@@H](NC(=O)c1ccccc1)C(C)C. The number of anilines is 1. The van der Waals surface area contributed by atoms with Crippen molar-refractivity contribution >= 4 is 61.1 Å². The highest BCUT2D eigenvalue weighted by Gasteiger charge is 2.26. The molecule has 0 spiro atoms. The summed E-state index contributed by atoms with van der Waals surface area (Å²) >= 11 is 8.17. The van der Waals surface area contributed by atoms with Gasteiger partial charge < -0.3 is 15.2 Å². The number of benzene rings is 2. The van der Waals surface area contributed by atoms with Gasteiger partial charge in [-0.1, -0.05) is 59.7 Å². The van der Waals surface area contributed by atoms with Crippen molar-refractivity contribution in [1.29, 1.82) is 0 Å². The number of thioether (sulfide) groups is 1. The maximum absolute atomic E-state index is 12.7. The van der Waals surface area contributed by atoms with E-state index < -0.39 is 0 Å². The number of carbonyl (C=O) groups is 2. The third-order valence-corrected chi connectivity index (χ3v) is 7.02. The molecule has 0 radical (unpaired) electrons. The van der Waals surface area contributed by atoms with E-state index in [2.05, 4.69) is 52.7 Å². The normalized spacial score (nSPS) is 11.9. The molecule has 3 aromatic rings. The van der Waals surface area contributed by atoms with Crippen LogP contribution >= 0.6 is 43.6 Å².